The molecule has 4 atom stereocenters. The summed E-state index contributed by atoms with van der Waals surface area (Å²) in [5.41, 5.74) is 1.20. The van der Waals surface area contributed by atoms with Crippen molar-refractivity contribution in [2.45, 2.75) is 56.2 Å². The number of rotatable bonds is 7. The van der Waals surface area contributed by atoms with Crippen molar-refractivity contribution in [2.24, 2.45) is 0 Å². The minimum absolute atomic E-state index is 0.0850. The largest absolute Gasteiger partial charge is 0.477 e. The molecule has 6 nitrogen and oxygen atoms in total. The van der Waals surface area contributed by atoms with Crippen LogP contribution in [0.1, 0.15) is 29.7 Å². The maximum absolute atomic E-state index is 15.4. The van der Waals surface area contributed by atoms with Gasteiger partial charge in [-0.2, -0.15) is 13.2 Å². The van der Waals surface area contributed by atoms with Crippen LogP contribution < -0.4 is 20.8 Å². The summed E-state index contributed by atoms with van der Waals surface area (Å²) >= 11 is 1.18. The van der Waals surface area contributed by atoms with Gasteiger partial charge in [0.2, 0.25) is 0 Å². The summed E-state index contributed by atoms with van der Waals surface area (Å²) in [6.07, 6.45) is -4.19. The Morgan fingerprint density at radius 1 is 1.22 bits per heavy atom. The highest BCUT2D eigenvalue weighted by molar-refractivity contribution is 7.69. The lowest BCUT2D eigenvalue weighted by Crippen LogP contribution is -2.53. The van der Waals surface area contributed by atoms with Gasteiger partial charge in [0.15, 0.2) is 11.6 Å². The number of benzene rings is 1. The van der Waals surface area contributed by atoms with Gasteiger partial charge in [-0.15, -0.1) is 11.3 Å². The molecule has 0 amide bonds. The third kappa shape index (κ3) is 6.35. The van der Waals surface area contributed by atoms with Crippen molar-refractivity contribution in [3.05, 3.63) is 40.8 Å². The number of hydrogen-bond acceptors (Lipinski definition) is 7. The molecule has 2 aromatic heterocycles. The quantitative estimate of drug-likeness (QED) is 0.192. The lowest BCUT2D eigenvalue weighted by molar-refractivity contribution is -0.126. The number of hydrogen-bond donors (Lipinski definition) is 2. The second-order valence-corrected chi connectivity index (χ2v) is 15.2. The monoisotopic (exact) mass is 608 g/mol. The van der Waals surface area contributed by atoms with Gasteiger partial charge in [0.05, 0.1) is 27.7 Å². The molecule has 2 aliphatic heterocycles. The van der Waals surface area contributed by atoms with E-state index in [4.69, 9.17) is 4.74 Å². The first kappa shape index (κ1) is 29.7. The van der Waals surface area contributed by atoms with Crippen molar-refractivity contribution in [3.63, 3.8) is 0 Å². The van der Waals surface area contributed by atoms with E-state index in [-0.39, 0.29) is 18.2 Å². The van der Waals surface area contributed by atoms with Crippen molar-refractivity contribution >= 4 is 45.5 Å². The number of ether oxygens (including phenoxy) is 1. The number of nitrogens with one attached hydrogen (secondary N) is 2. The average molecular weight is 609 g/mol. The average Bonchev–Trinajstić information content (AvgIpc) is 3.38. The van der Waals surface area contributed by atoms with E-state index < -0.39 is 32.0 Å². The van der Waals surface area contributed by atoms with Gasteiger partial charge in [-0.25, -0.2) is 9.37 Å². The minimum atomic E-state index is -4.42. The number of alkyl halides is 4. The van der Waals surface area contributed by atoms with Gasteiger partial charge in [0, 0.05) is 19.1 Å². The molecule has 1 aromatic carbocycles. The maximum atomic E-state index is 15.4. The summed E-state index contributed by atoms with van der Waals surface area (Å²) in [6.45, 7) is 3.16. The van der Waals surface area contributed by atoms with E-state index in [0.29, 0.717) is 50.1 Å². The second kappa shape index (κ2) is 11.5. The smallest absolute Gasteiger partial charge is 0.393 e. The van der Waals surface area contributed by atoms with E-state index in [0.717, 1.165) is 12.8 Å². The zero-order valence-electron chi connectivity index (χ0n) is 23.3. The van der Waals surface area contributed by atoms with E-state index in [1.54, 1.807) is 50.7 Å². The van der Waals surface area contributed by atoms with Gasteiger partial charge < -0.3 is 19.9 Å². The van der Waals surface area contributed by atoms with Crippen LogP contribution in [0.5, 0.6) is 5.75 Å². The molecule has 2 N–H and O–H groups in total. The molecule has 2 bridgehead atoms. The number of nitrogens with zero attached hydrogens (tertiary/aromatic N) is 2. The molecule has 220 valence electrons. The number of thiophene rings is 1. The summed E-state index contributed by atoms with van der Waals surface area (Å²) in [5, 5.41) is 6.71. The summed E-state index contributed by atoms with van der Waals surface area (Å²) in [5.74, 6) is 6.52. The number of fused-ring (bicyclic) bond motifs is 3. The van der Waals surface area contributed by atoms with Crippen LogP contribution in [-0.2, 0) is 11.0 Å². The van der Waals surface area contributed by atoms with Gasteiger partial charge in [-0.05, 0) is 68.8 Å². The molecule has 0 radical (unpaired) electrons. The third-order valence-corrected chi connectivity index (χ3v) is 10.4. The van der Waals surface area contributed by atoms with Crippen LogP contribution in [0, 0.1) is 11.8 Å². The molecule has 41 heavy (non-hydrogen) atoms. The lowest BCUT2D eigenvalue weighted by atomic mass is 9.95. The Labute approximate surface area is 241 Å². The van der Waals surface area contributed by atoms with E-state index in [2.05, 4.69) is 32.4 Å². The van der Waals surface area contributed by atoms with Crippen molar-refractivity contribution in [1.29, 1.82) is 0 Å². The molecule has 5 rings (SSSR count). The van der Waals surface area contributed by atoms with Gasteiger partial charge >= 0.3 is 6.18 Å². The Bertz CT molecular complexity index is 1540. The molecule has 0 unspecified atom stereocenters. The number of aromatic nitrogens is 1. The van der Waals surface area contributed by atoms with Gasteiger partial charge in [0.1, 0.15) is 25.4 Å². The van der Waals surface area contributed by atoms with E-state index >= 15 is 4.39 Å². The van der Waals surface area contributed by atoms with Crippen LogP contribution in [0.4, 0.5) is 29.1 Å². The van der Waals surface area contributed by atoms with Gasteiger partial charge in [0.25, 0.3) is 0 Å². The summed E-state index contributed by atoms with van der Waals surface area (Å²) < 4.78 is 74.9. The standard InChI is InChI=1S/C29H33F4N4O2PS/c1-34-28-23(12-13-25(36-28)40(3,4)38)39-14-6-9-24-19(16-29(31,32)33)18-7-5-8-20(27(18)41-24)35-21-15-17-10-11-22(26(21)30)37(17)2/h5,7-8,12-13,17,21-22,26,35H,10-11,14-16H2,1-4H3,(H,34,36)/t17-,21-,22+,26-/m1/s1. The van der Waals surface area contributed by atoms with Crippen LogP contribution in [0.25, 0.3) is 10.1 Å². The van der Waals surface area contributed by atoms with Crippen LogP contribution >= 0.6 is 18.5 Å². The first-order chi connectivity index (χ1) is 19.4. The molecule has 2 aliphatic rings. The SMILES string of the molecule is CNc1nc(P(C)(C)=O)ccc1OCC#Cc1sc2c(N[C@@H]3C[C@H]4CC[C@@H]([C@@H]3F)N4C)cccc2c1CC(F)(F)F. The number of halogens is 4. The fraction of sp³-hybridized carbons (Fsp3) is 0.483. The van der Waals surface area contributed by atoms with Gasteiger partial charge in [-0.1, -0.05) is 24.0 Å². The first-order valence-corrected chi connectivity index (χ1v) is 16.9. The number of piperidine rings is 1. The zero-order valence-corrected chi connectivity index (χ0v) is 25.0. The molecular weight excluding hydrogens is 575 g/mol. The summed E-state index contributed by atoms with van der Waals surface area (Å²) in [7, 11) is 1.06. The molecule has 2 saturated heterocycles. The summed E-state index contributed by atoms with van der Waals surface area (Å²) in [6, 6.07) is 8.20. The molecule has 0 spiro atoms. The highest BCUT2D eigenvalue weighted by atomic mass is 32.1. The second-order valence-electron chi connectivity index (χ2n) is 11.0. The molecule has 3 aromatic rings. The van der Waals surface area contributed by atoms with E-state index in [9.17, 15) is 17.7 Å². The van der Waals surface area contributed by atoms with Crippen LogP contribution in [0.2, 0.25) is 0 Å². The molecule has 0 aliphatic carbocycles. The fourth-order valence-electron chi connectivity index (χ4n) is 5.76. The predicted molar refractivity (Wildman–Crippen MR) is 158 cm³/mol. The van der Waals surface area contributed by atoms with Crippen molar-refractivity contribution in [2.75, 3.05) is 44.7 Å². The lowest BCUT2D eigenvalue weighted by Gasteiger charge is -2.39. The van der Waals surface area contributed by atoms with Crippen molar-refractivity contribution in [1.82, 2.24) is 9.88 Å². The highest BCUT2D eigenvalue weighted by Crippen LogP contribution is 2.42. The van der Waals surface area contributed by atoms with Crippen molar-refractivity contribution < 1.29 is 26.9 Å². The number of anilines is 2. The Morgan fingerprint density at radius 2 is 2.00 bits per heavy atom. The number of pyridine rings is 1. The Balaban J connectivity index is 1.41. The van der Waals surface area contributed by atoms with E-state index in [1.165, 1.54) is 11.3 Å². The Kier molecular flexibility index (Phi) is 8.30. The van der Waals surface area contributed by atoms with Crippen molar-refractivity contribution in [3.8, 4) is 17.6 Å². The Hall–Kier alpha value is -2.80. The first-order valence-electron chi connectivity index (χ1n) is 13.5. The maximum Gasteiger partial charge on any atom is 0.393 e. The highest BCUT2D eigenvalue weighted by Gasteiger charge is 2.46. The predicted octanol–water partition coefficient (Wildman–Crippen LogP) is 6.11. The molecule has 0 saturated carbocycles. The topological polar surface area (TPSA) is 66.5 Å². The van der Waals surface area contributed by atoms with Gasteiger partial charge in [-0.3, -0.25) is 4.90 Å². The normalized spacial score (nSPS) is 22.8. The Morgan fingerprint density at radius 3 is 2.71 bits per heavy atom. The van der Waals surface area contributed by atoms with Crippen LogP contribution in [-0.4, -0.2) is 74.4 Å². The molecule has 4 heterocycles. The minimum Gasteiger partial charge on any atom is -0.477 e. The van der Waals surface area contributed by atoms with E-state index in [1.807, 2.05) is 7.05 Å². The fourth-order valence-corrected chi connectivity index (χ4v) is 7.71. The third-order valence-electron chi connectivity index (χ3n) is 7.84. The molecule has 12 heteroatoms. The molecule has 2 fully saturated rings. The van der Waals surface area contributed by atoms with Crippen LogP contribution in [0.3, 0.4) is 0 Å². The zero-order chi connectivity index (χ0) is 29.5. The molecular formula is C29H33F4N4O2PS. The van der Waals surface area contributed by atoms with Crippen LogP contribution in [0.15, 0.2) is 30.3 Å². The summed E-state index contributed by atoms with van der Waals surface area (Å²) in [4.78, 5) is 6.77.